The van der Waals surface area contributed by atoms with Crippen LogP contribution in [-0.2, 0) is 10.0 Å². The van der Waals surface area contributed by atoms with Gasteiger partial charge in [-0.3, -0.25) is 9.71 Å². The van der Waals surface area contributed by atoms with Gasteiger partial charge in [-0.15, -0.1) is 11.3 Å². The Balaban J connectivity index is 2.07. The lowest BCUT2D eigenvalue weighted by atomic mass is 10.2. The fourth-order valence-corrected chi connectivity index (χ4v) is 3.62. The second-order valence-electron chi connectivity index (χ2n) is 3.78. The fourth-order valence-electron chi connectivity index (χ4n) is 1.72. The number of nitrogens with one attached hydrogen (secondary N) is 1. The molecular formula is C12H9N3O2S2. The van der Waals surface area contributed by atoms with E-state index in [-0.39, 0.29) is 4.34 Å². The van der Waals surface area contributed by atoms with Crippen molar-refractivity contribution in [3.63, 3.8) is 0 Å². The van der Waals surface area contributed by atoms with Crippen LogP contribution in [0, 0.1) is 0 Å². The molecule has 3 aromatic rings. The molecule has 0 bridgehead atoms. The van der Waals surface area contributed by atoms with Crippen LogP contribution in [0.3, 0.4) is 0 Å². The largest absolute Gasteiger partial charge is 0.289 e. The maximum absolute atomic E-state index is 12.1. The number of fused-ring (bicyclic) bond motifs is 1. The molecule has 1 N–H and O–H groups in total. The number of nitrogens with zero attached hydrogens (tertiary/aromatic N) is 2. The van der Waals surface area contributed by atoms with Gasteiger partial charge in [0.05, 0.1) is 11.2 Å². The van der Waals surface area contributed by atoms with Crippen LogP contribution >= 0.6 is 11.3 Å². The summed E-state index contributed by atoms with van der Waals surface area (Å²) in [6.45, 7) is 0. The normalized spacial score (nSPS) is 11.6. The molecule has 2 heterocycles. The van der Waals surface area contributed by atoms with Crippen molar-refractivity contribution in [3.05, 3.63) is 48.1 Å². The molecule has 5 nitrogen and oxygen atoms in total. The van der Waals surface area contributed by atoms with Gasteiger partial charge >= 0.3 is 0 Å². The minimum Gasteiger partial charge on any atom is -0.275 e. The number of sulfonamides is 1. The third-order valence-electron chi connectivity index (χ3n) is 2.52. The van der Waals surface area contributed by atoms with E-state index in [2.05, 4.69) is 14.7 Å². The van der Waals surface area contributed by atoms with E-state index in [9.17, 15) is 8.42 Å². The molecule has 0 aliphatic heterocycles. The molecule has 0 aliphatic carbocycles. The van der Waals surface area contributed by atoms with E-state index in [0.29, 0.717) is 11.2 Å². The monoisotopic (exact) mass is 291 g/mol. The molecule has 96 valence electrons. The van der Waals surface area contributed by atoms with E-state index in [1.807, 2.05) is 12.1 Å². The molecule has 19 heavy (non-hydrogen) atoms. The number of benzene rings is 1. The molecule has 0 saturated heterocycles. The zero-order valence-corrected chi connectivity index (χ0v) is 11.3. The van der Waals surface area contributed by atoms with Crippen LogP contribution in [0.25, 0.3) is 10.9 Å². The highest BCUT2D eigenvalue weighted by Gasteiger charge is 2.18. The maximum Gasteiger partial charge on any atom is 0.289 e. The molecule has 1 aromatic carbocycles. The van der Waals surface area contributed by atoms with Gasteiger partial charge < -0.3 is 0 Å². The SMILES string of the molecule is O=S(=O)(Nc1cccc2cccnc12)c1nccs1. The van der Waals surface area contributed by atoms with Crippen molar-refractivity contribution in [2.75, 3.05) is 4.72 Å². The van der Waals surface area contributed by atoms with Crippen LogP contribution in [-0.4, -0.2) is 18.4 Å². The Kier molecular flexibility index (Phi) is 2.92. The molecule has 0 fully saturated rings. The van der Waals surface area contributed by atoms with Gasteiger partial charge in [0.15, 0.2) is 0 Å². The van der Waals surface area contributed by atoms with Crippen molar-refractivity contribution in [1.82, 2.24) is 9.97 Å². The molecule has 3 rings (SSSR count). The Bertz CT molecular complexity index is 809. The summed E-state index contributed by atoms with van der Waals surface area (Å²) in [4.78, 5) is 8.01. The first-order valence-electron chi connectivity index (χ1n) is 5.43. The molecule has 7 heteroatoms. The Morgan fingerprint density at radius 1 is 1.05 bits per heavy atom. The average molecular weight is 291 g/mol. The lowest BCUT2D eigenvalue weighted by Gasteiger charge is -2.07. The number of hydrogen-bond acceptors (Lipinski definition) is 5. The van der Waals surface area contributed by atoms with E-state index in [4.69, 9.17) is 0 Å². The molecule has 0 amide bonds. The molecule has 0 aliphatic rings. The van der Waals surface area contributed by atoms with Gasteiger partial charge in [-0.05, 0) is 12.1 Å². The summed E-state index contributed by atoms with van der Waals surface area (Å²) < 4.78 is 26.8. The third-order valence-corrected chi connectivity index (χ3v) is 5.08. The van der Waals surface area contributed by atoms with E-state index in [0.717, 1.165) is 16.7 Å². The van der Waals surface area contributed by atoms with Crippen LogP contribution in [0.5, 0.6) is 0 Å². The topological polar surface area (TPSA) is 72.0 Å². The summed E-state index contributed by atoms with van der Waals surface area (Å²) >= 11 is 1.07. The van der Waals surface area contributed by atoms with Crippen molar-refractivity contribution in [3.8, 4) is 0 Å². The number of para-hydroxylation sites is 1. The van der Waals surface area contributed by atoms with Crippen LogP contribution in [0.2, 0.25) is 0 Å². The summed E-state index contributed by atoms with van der Waals surface area (Å²) in [6.07, 6.45) is 3.09. The van der Waals surface area contributed by atoms with Crippen LogP contribution in [0.4, 0.5) is 5.69 Å². The number of pyridine rings is 1. The highest BCUT2D eigenvalue weighted by molar-refractivity contribution is 7.94. The standard InChI is InChI=1S/C12H9N3O2S2/c16-19(17,12-14-7-8-18-12)15-10-5-1-3-9-4-2-6-13-11(9)10/h1-8,15H. The minimum absolute atomic E-state index is 0.0421. The first-order valence-corrected chi connectivity index (χ1v) is 7.79. The van der Waals surface area contributed by atoms with Crippen molar-refractivity contribution >= 4 is 38.0 Å². The highest BCUT2D eigenvalue weighted by atomic mass is 32.2. The summed E-state index contributed by atoms with van der Waals surface area (Å²) in [5.41, 5.74) is 1.07. The first-order chi connectivity index (χ1) is 9.17. The zero-order chi connectivity index (χ0) is 13.3. The average Bonchev–Trinajstić information content (AvgIpc) is 2.93. The van der Waals surface area contributed by atoms with Crippen molar-refractivity contribution in [2.45, 2.75) is 4.34 Å². The number of rotatable bonds is 3. The predicted octanol–water partition coefficient (Wildman–Crippen LogP) is 2.49. The Labute approximate surface area is 114 Å². The van der Waals surface area contributed by atoms with E-state index in [1.54, 1.807) is 29.8 Å². The zero-order valence-electron chi connectivity index (χ0n) is 9.65. The third kappa shape index (κ3) is 2.29. The lowest BCUT2D eigenvalue weighted by Crippen LogP contribution is -2.13. The molecule has 0 saturated carbocycles. The number of anilines is 1. The fraction of sp³-hybridized carbons (Fsp3) is 0. The predicted molar refractivity (Wildman–Crippen MR) is 74.7 cm³/mol. The second-order valence-corrected chi connectivity index (χ2v) is 6.53. The van der Waals surface area contributed by atoms with Crippen molar-refractivity contribution in [2.24, 2.45) is 0 Å². The van der Waals surface area contributed by atoms with Crippen LogP contribution in [0.1, 0.15) is 0 Å². The molecule has 0 atom stereocenters. The van der Waals surface area contributed by atoms with E-state index in [1.165, 1.54) is 6.20 Å². The highest BCUT2D eigenvalue weighted by Crippen LogP contribution is 2.24. The van der Waals surface area contributed by atoms with Gasteiger partial charge in [0.1, 0.15) is 0 Å². The Morgan fingerprint density at radius 3 is 2.68 bits per heavy atom. The van der Waals surface area contributed by atoms with Crippen LogP contribution < -0.4 is 4.72 Å². The van der Waals surface area contributed by atoms with Crippen LogP contribution in [0.15, 0.2) is 52.4 Å². The minimum atomic E-state index is -3.64. The summed E-state index contributed by atoms with van der Waals surface area (Å²) in [5.74, 6) is 0. The van der Waals surface area contributed by atoms with Gasteiger partial charge in [0.2, 0.25) is 4.34 Å². The van der Waals surface area contributed by atoms with Crippen molar-refractivity contribution in [1.29, 1.82) is 0 Å². The molecule has 0 spiro atoms. The van der Waals surface area contributed by atoms with Gasteiger partial charge in [0, 0.05) is 23.2 Å². The maximum atomic E-state index is 12.1. The number of hydrogen-bond donors (Lipinski definition) is 1. The molecule has 0 radical (unpaired) electrons. The molecular weight excluding hydrogens is 282 g/mol. The first kappa shape index (κ1) is 12.1. The van der Waals surface area contributed by atoms with Gasteiger partial charge in [-0.2, -0.15) is 8.42 Å². The smallest absolute Gasteiger partial charge is 0.275 e. The summed E-state index contributed by atoms with van der Waals surface area (Å²) in [7, 11) is -3.64. The van der Waals surface area contributed by atoms with Gasteiger partial charge in [-0.25, -0.2) is 4.98 Å². The lowest BCUT2D eigenvalue weighted by molar-refractivity contribution is 0.600. The van der Waals surface area contributed by atoms with Gasteiger partial charge in [0.25, 0.3) is 10.0 Å². The Morgan fingerprint density at radius 2 is 1.89 bits per heavy atom. The quantitative estimate of drug-likeness (QED) is 0.804. The van der Waals surface area contributed by atoms with Gasteiger partial charge in [-0.1, -0.05) is 18.2 Å². The summed E-state index contributed by atoms with van der Waals surface area (Å²) in [5, 5.41) is 2.50. The number of aromatic nitrogens is 2. The number of thiazole rings is 1. The second kappa shape index (κ2) is 4.60. The van der Waals surface area contributed by atoms with Crippen molar-refractivity contribution < 1.29 is 8.42 Å². The molecule has 0 unspecified atom stereocenters. The summed E-state index contributed by atoms with van der Waals surface area (Å²) in [6, 6.07) is 9.03. The molecule has 2 aromatic heterocycles. The Hall–Kier alpha value is -1.99. The van der Waals surface area contributed by atoms with E-state index >= 15 is 0 Å². The van der Waals surface area contributed by atoms with E-state index < -0.39 is 10.0 Å².